The minimum Gasteiger partial charge on any atom is -0.477 e. The van der Waals surface area contributed by atoms with E-state index in [1.807, 2.05) is 21.1 Å². The van der Waals surface area contributed by atoms with Crippen LogP contribution < -0.4 is 0 Å². The topological polar surface area (TPSA) is 108 Å². The molecule has 0 fully saturated rings. The lowest BCUT2D eigenvalue weighted by atomic mass is 10.0. The van der Waals surface area contributed by atoms with Gasteiger partial charge in [0, 0.05) is 12.8 Å². The highest BCUT2D eigenvalue weighted by molar-refractivity contribution is 5.71. The first-order valence-electron chi connectivity index (χ1n) is 33.1. The van der Waals surface area contributed by atoms with E-state index in [0.29, 0.717) is 23.9 Å². The Hall–Kier alpha value is -3.27. The van der Waals surface area contributed by atoms with Gasteiger partial charge in [-0.2, -0.15) is 0 Å². The number of allylic oxidation sites excluding steroid dienone is 12. The Balaban J connectivity index is 4.16. The van der Waals surface area contributed by atoms with Gasteiger partial charge in [-0.25, -0.2) is 4.79 Å². The molecule has 0 aromatic heterocycles. The van der Waals surface area contributed by atoms with Crippen LogP contribution in [-0.4, -0.2) is 87.4 Å². The number of quaternary nitrogens is 1. The zero-order chi connectivity index (χ0) is 57.6. The molecule has 0 saturated heterocycles. The Kier molecular flexibility index (Phi) is 58.3. The normalized spacial score (nSPS) is 13.2. The summed E-state index contributed by atoms with van der Waals surface area (Å²) < 4.78 is 23.0. The van der Waals surface area contributed by atoms with Crippen molar-refractivity contribution in [1.82, 2.24) is 0 Å². The Morgan fingerprint density at radius 1 is 0.392 bits per heavy atom. The molecule has 0 heterocycles. The third kappa shape index (κ3) is 62.2. The maximum atomic E-state index is 12.9. The van der Waals surface area contributed by atoms with Crippen molar-refractivity contribution in [3.8, 4) is 0 Å². The summed E-state index contributed by atoms with van der Waals surface area (Å²) in [6, 6.07) is 0. The molecule has 0 aliphatic rings. The fourth-order valence-electron chi connectivity index (χ4n) is 9.43. The molecule has 1 N–H and O–H groups in total. The molecule has 0 aromatic carbocycles. The maximum absolute atomic E-state index is 12.9. The summed E-state index contributed by atoms with van der Waals surface area (Å²) in [6.45, 7) is 4.80. The highest BCUT2D eigenvalue weighted by Crippen LogP contribution is 2.18. The summed E-state index contributed by atoms with van der Waals surface area (Å²) in [5.41, 5.74) is 0. The minimum atomic E-state index is -1.51. The van der Waals surface area contributed by atoms with Crippen LogP contribution in [-0.2, 0) is 33.3 Å². The molecule has 2 atom stereocenters. The molecule has 2 unspecified atom stereocenters. The van der Waals surface area contributed by atoms with Gasteiger partial charge in [-0.1, -0.05) is 292 Å². The number of aliphatic carboxylic acids is 1. The number of likely N-dealkylation sites (N-methyl/N-ethyl adjacent to an activating group) is 1. The monoisotopic (exact) mass is 1110 g/mol. The van der Waals surface area contributed by atoms with Crippen molar-refractivity contribution in [2.45, 2.75) is 309 Å². The highest BCUT2D eigenvalue weighted by Gasteiger charge is 2.25. The van der Waals surface area contributed by atoms with Crippen LogP contribution in [0.2, 0.25) is 0 Å². The van der Waals surface area contributed by atoms with Gasteiger partial charge < -0.3 is 28.5 Å². The van der Waals surface area contributed by atoms with E-state index in [1.165, 1.54) is 180 Å². The Morgan fingerprint density at radius 2 is 0.722 bits per heavy atom. The maximum Gasteiger partial charge on any atom is 0.361 e. The van der Waals surface area contributed by atoms with E-state index in [9.17, 15) is 19.5 Å². The summed E-state index contributed by atoms with van der Waals surface area (Å²) in [6.07, 6.45) is 77.1. The average molecular weight is 1110 g/mol. The summed E-state index contributed by atoms with van der Waals surface area (Å²) in [5.74, 6) is -2.00. The number of hydrogen-bond acceptors (Lipinski definition) is 7. The van der Waals surface area contributed by atoms with Gasteiger partial charge in [-0.3, -0.25) is 9.59 Å². The molecule has 79 heavy (non-hydrogen) atoms. The second kappa shape index (κ2) is 60.8. The highest BCUT2D eigenvalue weighted by atomic mass is 16.7. The van der Waals surface area contributed by atoms with E-state index in [1.54, 1.807) is 0 Å². The molecule has 0 aromatic rings. The third-order valence-corrected chi connectivity index (χ3v) is 14.5. The molecule has 0 radical (unpaired) electrons. The molecular weight excluding hydrogens is 983 g/mol. The van der Waals surface area contributed by atoms with Crippen molar-refractivity contribution in [3.05, 3.63) is 72.9 Å². The zero-order valence-corrected chi connectivity index (χ0v) is 52.3. The van der Waals surface area contributed by atoms with Crippen molar-refractivity contribution < 1.29 is 42.9 Å². The molecule has 0 rings (SSSR count). The van der Waals surface area contributed by atoms with Crippen LogP contribution in [0.1, 0.15) is 296 Å². The number of ether oxygens (including phenoxy) is 4. The smallest absolute Gasteiger partial charge is 0.361 e. The van der Waals surface area contributed by atoms with Gasteiger partial charge in [0.2, 0.25) is 0 Å². The number of carbonyl (C=O) groups is 3. The molecule has 9 nitrogen and oxygen atoms in total. The van der Waals surface area contributed by atoms with E-state index in [4.69, 9.17) is 18.9 Å². The first kappa shape index (κ1) is 75.7. The van der Waals surface area contributed by atoms with Gasteiger partial charge >= 0.3 is 17.9 Å². The molecule has 0 saturated carbocycles. The Bertz CT molecular complexity index is 1520. The molecule has 0 amide bonds. The second-order valence-electron chi connectivity index (χ2n) is 23.4. The Labute approximate surface area is 487 Å². The summed E-state index contributed by atoms with van der Waals surface area (Å²) in [5, 5.41) is 9.73. The van der Waals surface area contributed by atoms with Crippen molar-refractivity contribution in [2.24, 2.45) is 0 Å². The van der Waals surface area contributed by atoms with Crippen LogP contribution >= 0.6 is 0 Å². The van der Waals surface area contributed by atoms with Gasteiger partial charge in [-0.15, -0.1) is 0 Å². The lowest BCUT2D eigenvalue weighted by molar-refractivity contribution is -0.870. The number of carboxylic acids is 1. The number of carboxylic acid groups (broad SMARTS) is 1. The molecule has 0 bridgehead atoms. The minimum absolute atomic E-state index is 0.183. The number of hydrogen-bond donors (Lipinski definition) is 1. The second-order valence-corrected chi connectivity index (χ2v) is 23.4. The van der Waals surface area contributed by atoms with E-state index in [-0.39, 0.29) is 32.2 Å². The van der Waals surface area contributed by atoms with Crippen LogP contribution in [0.3, 0.4) is 0 Å². The third-order valence-electron chi connectivity index (χ3n) is 14.5. The number of carbonyl (C=O) groups excluding carboxylic acids is 2. The van der Waals surface area contributed by atoms with E-state index in [2.05, 4.69) is 86.8 Å². The summed E-state index contributed by atoms with van der Waals surface area (Å²) in [7, 11) is 5.98. The Morgan fingerprint density at radius 3 is 1.08 bits per heavy atom. The fraction of sp³-hybridized carbons (Fsp3) is 0.786. The van der Waals surface area contributed by atoms with Crippen molar-refractivity contribution >= 4 is 17.9 Å². The zero-order valence-electron chi connectivity index (χ0n) is 52.3. The van der Waals surface area contributed by atoms with Crippen LogP contribution in [0.25, 0.3) is 0 Å². The molecule has 458 valence electrons. The largest absolute Gasteiger partial charge is 0.477 e. The molecule has 0 aliphatic heterocycles. The summed E-state index contributed by atoms with van der Waals surface area (Å²) >= 11 is 0. The molecule has 0 spiro atoms. The fourth-order valence-corrected chi connectivity index (χ4v) is 9.43. The predicted octanol–water partition coefficient (Wildman–Crippen LogP) is 20.1. The lowest BCUT2D eigenvalue weighted by Gasteiger charge is -2.25. The van der Waals surface area contributed by atoms with Gasteiger partial charge in [0.15, 0.2) is 6.10 Å². The van der Waals surface area contributed by atoms with Crippen LogP contribution in [0.4, 0.5) is 0 Å². The van der Waals surface area contributed by atoms with Crippen LogP contribution in [0, 0.1) is 0 Å². The van der Waals surface area contributed by atoms with E-state index >= 15 is 0 Å². The summed E-state index contributed by atoms with van der Waals surface area (Å²) in [4.78, 5) is 37.6. The number of unbranched alkanes of at least 4 members (excludes halogenated alkanes) is 34. The van der Waals surface area contributed by atoms with Gasteiger partial charge in [0.1, 0.15) is 13.2 Å². The molecule has 0 aliphatic carbocycles. The predicted molar refractivity (Wildman–Crippen MR) is 336 cm³/mol. The SMILES string of the molecule is CC/C=C\C/C=C\C/C=C\C/C=C\C/C=C\C/C=C\CCCCCCCCCCCCC(=O)OC(COC(=O)CCCCCCCCCCCCCCCCCCCCCCCCCCC)COC(OCC[N+](C)(C)C)C(=O)O. The standard InChI is InChI=1S/C70H125NO8/c1-6-8-10-12-14-16-18-20-22-24-26-28-30-32-33-34-35-37-39-41-43-45-47-49-51-53-55-57-59-61-68(73)79-66(65-78-70(69(74)75)76-63-62-71(3,4)5)64-77-67(72)60-58-56-54-52-50-48-46-44-42-40-38-36-31-29-27-25-23-21-19-17-15-13-11-9-7-2/h8,10,14,16,20,22,26,28,32-33,35,37,66,70H,6-7,9,11-13,15,17-19,21,23-25,27,29-31,34,36,38-65H2,1-5H3/p+1/b10-8-,16-14-,22-20-,28-26-,33-32-,37-35-. The van der Waals surface area contributed by atoms with Gasteiger partial charge in [0.25, 0.3) is 6.29 Å². The van der Waals surface area contributed by atoms with Crippen molar-refractivity contribution in [2.75, 3.05) is 47.5 Å². The number of esters is 2. The van der Waals surface area contributed by atoms with Crippen LogP contribution in [0.15, 0.2) is 72.9 Å². The number of rotatable bonds is 61. The molecular formula is C70H126NO8+. The average Bonchev–Trinajstić information content (AvgIpc) is 3.42. The first-order chi connectivity index (χ1) is 38.6. The van der Waals surface area contributed by atoms with Crippen molar-refractivity contribution in [3.63, 3.8) is 0 Å². The number of nitrogens with zero attached hydrogens (tertiary/aromatic N) is 1. The molecule has 9 heteroatoms. The van der Waals surface area contributed by atoms with E-state index < -0.39 is 24.3 Å². The first-order valence-corrected chi connectivity index (χ1v) is 33.1. The van der Waals surface area contributed by atoms with Gasteiger partial charge in [0.05, 0.1) is 34.4 Å². The van der Waals surface area contributed by atoms with Crippen LogP contribution in [0.5, 0.6) is 0 Å². The quantitative estimate of drug-likeness (QED) is 0.0211. The van der Waals surface area contributed by atoms with E-state index in [0.717, 1.165) is 83.5 Å². The van der Waals surface area contributed by atoms with Crippen molar-refractivity contribution in [1.29, 1.82) is 0 Å². The van der Waals surface area contributed by atoms with Gasteiger partial charge in [-0.05, 0) is 64.2 Å². The lowest BCUT2D eigenvalue weighted by Crippen LogP contribution is -2.40.